The highest BCUT2D eigenvalue weighted by Crippen LogP contribution is 2.39. The first-order valence-corrected chi connectivity index (χ1v) is 7.84. The standard InChI is InChI=1S/C17H26N2O2/c1-17(2,3)14-9-7-13(8-10-14)12-18-15-5-4-6-16(11-15)19(20)21/h4-6,11,13-14,18H,7-10,12H2,1-3H3. The normalized spacial score (nSPS) is 22.8. The summed E-state index contributed by atoms with van der Waals surface area (Å²) >= 11 is 0. The molecule has 2 rings (SSSR count). The van der Waals surface area contributed by atoms with Crippen LogP contribution in [0.1, 0.15) is 46.5 Å². The van der Waals surface area contributed by atoms with Crippen molar-refractivity contribution < 1.29 is 4.92 Å². The molecule has 0 bridgehead atoms. The van der Waals surface area contributed by atoms with Crippen molar-refractivity contribution in [3.63, 3.8) is 0 Å². The minimum absolute atomic E-state index is 0.149. The lowest BCUT2D eigenvalue weighted by atomic mass is 9.70. The Morgan fingerprint density at radius 3 is 2.48 bits per heavy atom. The van der Waals surface area contributed by atoms with E-state index < -0.39 is 0 Å². The van der Waals surface area contributed by atoms with Gasteiger partial charge in [0, 0.05) is 24.4 Å². The molecule has 1 aliphatic carbocycles. The number of hydrogen-bond donors (Lipinski definition) is 1. The Morgan fingerprint density at radius 2 is 1.90 bits per heavy atom. The van der Waals surface area contributed by atoms with E-state index >= 15 is 0 Å². The number of rotatable bonds is 4. The molecule has 4 heteroatoms. The van der Waals surface area contributed by atoms with Gasteiger partial charge in [0.2, 0.25) is 0 Å². The van der Waals surface area contributed by atoms with E-state index in [9.17, 15) is 10.1 Å². The van der Waals surface area contributed by atoms with E-state index in [-0.39, 0.29) is 10.6 Å². The maximum absolute atomic E-state index is 10.8. The zero-order chi connectivity index (χ0) is 15.5. The second kappa shape index (κ2) is 6.46. The van der Waals surface area contributed by atoms with Gasteiger partial charge in [-0.2, -0.15) is 0 Å². The summed E-state index contributed by atoms with van der Waals surface area (Å²) in [5, 5.41) is 14.1. The minimum Gasteiger partial charge on any atom is -0.385 e. The van der Waals surface area contributed by atoms with Gasteiger partial charge in [-0.05, 0) is 49.0 Å². The molecule has 1 saturated carbocycles. The fourth-order valence-corrected chi connectivity index (χ4v) is 3.22. The van der Waals surface area contributed by atoms with E-state index in [0.29, 0.717) is 11.3 Å². The first-order valence-electron chi connectivity index (χ1n) is 7.84. The third-order valence-corrected chi connectivity index (χ3v) is 4.72. The topological polar surface area (TPSA) is 55.2 Å². The Bertz CT molecular complexity index is 486. The summed E-state index contributed by atoms with van der Waals surface area (Å²) in [6.07, 6.45) is 5.10. The van der Waals surface area contributed by atoms with Crippen molar-refractivity contribution in [2.45, 2.75) is 46.5 Å². The molecule has 1 aromatic rings. The fraction of sp³-hybridized carbons (Fsp3) is 0.647. The highest BCUT2D eigenvalue weighted by molar-refractivity contribution is 5.50. The number of nitrogens with zero attached hydrogens (tertiary/aromatic N) is 1. The molecule has 0 spiro atoms. The van der Waals surface area contributed by atoms with Crippen molar-refractivity contribution in [1.82, 2.24) is 0 Å². The average Bonchev–Trinajstić information content (AvgIpc) is 2.45. The lowest BCUT2D eigenvalue weighted by Gasteiger charge is -2.37. The predicted molar refractivity (Wildman–Crippen MR) is 86.5 cm³/mol. The monoisotopic (exact) mass is 290 g/mol. The van der Waals surface area contributed by atoms with Gasteiger partial charge < -0.3 is 5.32 Å². The smallest absolute Gasteiger partial charge is 0.271 e. The summed E-state index contributed by atoms with van der Waals surface area (Å²) in [4.78, 5) is 10.4. The van der Waals surface area contributed by atoms with E-state index in [2.05, 4.69) is 26.1 Å². The molecular formula is C17H26N2O2. The maximum Gasteiger partial charge on any atom is 0.271 e. The molecule has 116 valence electrons. The molecular weight excluding hydrogens is 264 g/mol. The molecule has 0 atom stereocenters. The largest absolute Gasteiger partial charge is 0.385 e. The molecule has 1 aromatic carbocycles. The van der Waals surface area contributed by atoms with Crippen molar-refractivity contribution in [3.05, 3.63) is 34.4 Å². The van der Waals surface area contributed by atoms with Crippen LogP contribution in [0, 0.1) is 27.4 Å². The Morgan fingerprint density at radius 1 is 1.24 bits per heavy atom. The molecule has 1 fully saturated rings. The van der Waals surface area contributed by atoms with Gasteiger partial charge in [-0.3, -0.25) is 10.1 Å². The molecule has 0 amide bonds. The van der Waals surface area contributed by atoms with Gasteiger partial charge in [-0.1, -0.05) is 26.8 Å². The van der Waals surface area contributed by atoms with Crippen molar-refractivity contribution in [2.75, 3.05) is 11.9 Å². The van der Waals surface area contributed by atoms with E-state index in [1.165, 1.54) is 31.7 Å². The van der Waals surface area contributed by atoms with Crippen molar-refractivity contribution in [3.8, 4) is 0 Å². The number of nitrogens with one attached hydrogen (secondary N) is 1. The SMILES string of the molecule is CC(C)(C)C1CCC(CNc2cccc([N+](=O)[O-])c2)CC1. The Hall–Kier alpha value is -1.58. The molecule has 0 heterocycles. The molecule has 0 radical (unpaired) electrons. The molecule has 0 unspecified atom stereocenters. The molecule has 0 aliphatic heterocycles. The van der Waals surface area contributed by atoms with Crippen LogP contribution in [0.4, 0.5) is 11.4 Å². The van der Waals surface area contributed by atoms with Gasteiger partial charge in [0.05, 0.1) is 4.92 Å². The first kappa shape index (κ1) is 15.8. The number of hydrogen-bond acceptors (Lipinski definition) is 3. The van der Waals surface area contributed by atoms with E-state index in [1.807, 2.05) is 6.07 Å². The molecule has 1 N–H and O–H groups in total. The Labute approximate surface area is 127 Å². The summed E-state index contributed by atoms with van der Waals surface area (Å²) in [7, 11) is 0. The van der Waals surface area contributed by atoms with Gasteiger partial charge in [0.15, 0.2) is 0 Å². The maximum atomic E-state index is 10.8. The molecule has 4 nitrogen and oxygen atoms in total. The van der Waals surface area contributed by atoms with Crippen molar-refractivity contribution in [2.24, 2.45) is 17.3 Å². The number of nitro groups is 1. The molecule has 0 saturated heterocycles. The van der Waals surface area contributed by atoms with Crippen LogP contribution in [0.15, 0.2) is 24.3 Å². The predicted octanol–water partition coefficient (Wildman–Crippen LogP) is 4.86. The van der Waals surface area contributed by atoms with Crippen LogP contribution in [-0.4, -0.2) is 11.5 Å². The summed E-state index contributed by atoms with van der Waals surface area (Å²) < 4.78 is 0. The third kappa shape index (κ3) is 4.45. The van der Waals surface area contributed by atoms with Crippen LogP contribution in [0.5, 0.6) is 0 Å². The van der Waals surface area contributed by atoms with Crippen LogP contribution in [0.2, 0.25) is 0 Å². The second-order valence-electron chi connectivity index (χ2n) is 7.27. The Balaban J connectivity index is 1.82. The van der Waals surface area contributed by atoms with Gasteiger partial charge >= 0.3 is 0 Å². The average molecular weight is 290 g/mol. The lowest BCUT2D eigenvalue weighted by molar-refractivity contribution is -0.384. The van der Waals surface area contributed by atoms with Crippen molar-refractivity contribution >= 4 is 11.4 Å². The zero-order valence-electron chi connectivity index (χ0n) is 13.3. The number of non-ortho nitro benzene ring substituents is 1. The quantitative estimate of drug-likeness (QED) is 0.636. The zero-order valence-corrected chi connectivity index (χ0v) is 13.3. The van der Waals surface area contributed by atoms with Crippen LogP contribution in [0.3, 0.4) is 0 Å². The summed E-state index contributed by atoms with van der Waals surface area (Å²) in [6.45, 7) is 7.91. The van der Waals surface area contributed by atoms with Crippen LogP contribution < -0.4 is 5.32 Å². The van der Waals surface area contributed by atoms with E-state index in [4.69, 9.17) is 0 Å². The summed E-state index contributed by atoms with van der Waals surface area (Å²) in [5.41, 5.74) is 1.41. The van der Waals surface area contributed by atoms with Crippen molar-refractivity contribution in [1.29, 1.82) is 0 Å². The van der Waals surface area contributed by atoms with Gasteiger partial charge in [0.1, 0.15) is 0 Å². The molecule has 21 heavy (non-hydrogen) atoms. The lowest BCUT2D eigenvalue weighted by Crippen LogP contribution is -2.28. The van der Waals surface area contributed by atoms with Gasteiger partial charge in [-0.15, -0.1) is 0 Å². The Kier molecular flexibility index (Phi) is 4.86. The van der Waals surface area contributed by atoms with Gasteiger partial charge in [-0.25, -0.2) is 0 Å². The first-order chi connectivity index (χ1) is 9.86. The number of nitro benzene ring substituents is 1. The van der Waals surface area contributed by atoms with Gasteiger partial charge in [0.25, 0.3) is 5.69 Å². The molecule has 1 aliphatic rings. The summed E-state index contributed by atoms with van der Waals surface area (Å²) in [5.74, 6) is 1.51. The highest BCUT2D eigenvalue weighted by Gasteiger charge is 2.29. The highest BCUT2D eigenvalue weighted by atomic mass is 16.6. The van der Waals surface area contributed by atoms with Crippen LogP contribution >= 0.6 is 0 Å². The minimum atomic E-state index is -0.348. The fourth-order valence-electron chi connectivity index (χ4n) is 3.22. The number of anilines is 1. The van der Waals surface area contributed by atoms with Crippen LogP contribution in [-0.2, 0) is 0 Å². The third-order valence-electron chi connectivity index (χ3n) is 4.72. The number of benzene rings is 1. The van der Waals surface area contributed by atoms with E-state index in [1.54, 1.807) is 12.1 Å². The molecule has 0 aromatic heterocycles. The summed E-state index contributed by atoms with van der Waals surface area (Å²) in [6, 6.07) is 6.77. The van der Waals surface area contributed by atoms with E-state index in [0.717, 1.165) is 18.2 Å². The second-order valence-corrected chi connectivity index (χ2v) is 7.27. The van der Waals surface area contributed by atoms with Crippen LogP contribution in [0.25, 0.3) is 0 Å².